The number of rotatable bonds is 5. The van der Waals surface area contributed by atoms with Crippen molar-refractivity contribution in [1.82, 2.24) is 4.90 Å². The van der Waals surface area contributed by atoms with Crippen LogP contribution in [0.5, 0.6) is 0 Å². The number of carbonyl (C=O) groups is 3. The predicted octanol–water partition coefficient (Wildman–Crippen LogP) is -0.365. The highest BCUT2D eigenvalue weighted by molar-refractivity contribution is 5.89. The zero-order valence-electron chi connectivity index (χ0n) is 13.4. The molecule has 11 nitrogen and oxygen atoms in total. The van der Waals surface area contributed by atoms with Gasteiger partial charge in [0.2, 0.25) is 5.91 Å². The van der Waals surface area contributed by atoms with Crippen LogP contribution in [-0.2, 0) is 19.2 Å². The van der Waals surface area contributed by atoms with E-state index in [0.29, 0.717) is 38.1 Å². The van der Waals surface area contributed by atoms with Gasteiger partial charge in [-0.1, -0.05) is 0 Å². The van der Waals surface area contributed by atoms with Crippen molar-refractivity contribution >= 4 is 17.8 Å². The Morgan fingerprint density at radius 2 is 1.62 bits per heavy atom. The molecule has 4 N–H and O–H groups in total. The van der Waals surface area contributed by atoms with Crippen molar-refractivity contribution in [3.8, 4) is 0 Å². The SMILES string of the molecule is CC(C)(N)C(=O)N1CCC(O[N+](=O)[O-])CC1.O=C(O)/C=C/C(=O)O. The van der Waals surface area contributed by atoms with Gasteiger partial charge in [0.15, 0.2) is 0 Å². The van der Waals surface area contributed by atoms with Crippen LogP contribution in [0.3, 0.4) is 0 Å². The van der Waals surface area contributed by atoms with Crippen molar-refractivity contribution in [2.24, 2.45) is 5.73 Å². The number of piperidine rings is 1. The van der Waals surface area contributed by atoms with Gasteiger partial charge < -0.3 is 25.7 Å². The largest absolute Gasteiger partial charge is 0.478 e. The summed E-state index contributed by atoms with van der Waals surface area (Å²) >= 11 is 0. The lowest BCUT2D eigenvalue weighted by molar-refractivity contribution is -0.769. The van der Waals surface area contributed by atoms with Crippen molar-refractivity contribution in [2.75, 3.05) is 13.1 Å². The minimum Gasteiger partial charge on any atom is -0.478 e. The van der Waals surface area contributed by atoms with Crippen LogP contribution in [0.2, 0.25) is 0 Å². The summed E-state index contributed by atoms with van der Waals surface area (Å²) in [5.74, 6) is -2.65. The van der Waals surface area contributed by atoms with E-state index in [1.54, 1.807) is 18.7 Å². The maximum atomic E-state index is 11.8. The Kier molecular flexibility index (Phi) is 8.39. The summed E-state index contributed by atoms with van der Waals surface area (Å²) in [5, 5.41) is 25.0. The highest BCUT2D eigenvalue weighted by Crippen LogP contribution is 2.16. The smallest absolute Gasteiger partial charge is 0.328 e. The van der Waals surface area contributed by atoms with Gasteiger partial charge in [0, 0.05) is 25.2 Å². The van der Waals surface area contributed by atoms with Crippen LogP contribution in [0.25, 0.3) is 0 Å². The number of likely N-dealkylation sites (tertiary alicyclic amines) is 1. The van der Waals surface area contributed by atoms with Crippen LogP contribution in [0.1, 0.15) is 26.7 Å². The lowest BCUT2D eigenvalue weighted by atomic mass is 10.0. The van der Waals surface area contributed by atoms with Crippen molar-refractivity contribution in [3.63, 3.8) is 0 Å². The minimum atomic E-state index is -1.26. The molecule has 1 heterocycles. The fourth-order valence-corrected chi connectivity index (χ4v) is 1.84. The topological polar surface area (TPSA) is 173 Å². The van der Waals surface area contributed by atoms with Crippen LogP contribution in [-0.4, -0.2) is 62.8 Å². The molecule has 0 aromatic heterocycles. The van der Waals surface area contributed by atoms with Crippen molar-refractivity contribution in [3.05, 3.63) is 22.3 Å². The number of hydrogen-bond acceptors (Lipinski definition) is 7. The van der Waals surface area contributed by atoms with Crippen LogP contribution in [0.4, 0.5) is 0 Å². The fourth-order valence-electron chi connectivity index (χ4n) is 1.84. The van der Waals surface area contributed by atoms with Crippen LogP contribution in [0.15, 0.2) is 12.2 Å². The third-order valence-electron chi connectivity index (χ3n) is 2.88. The number of carboxylic acid groups (broad SMARTS) is 2. The number of nitrogens with zero attached hydrogens (tertiary/aromatic N) is 2. The molecule has 1 amide bonds. The summed E-state index contributed by atoms with van der Waals surface area (Å²) in [7, 11) is 0. The zero-order chi connectivity index (χ0) is 18.9. The lowest BCUT2D eigenvalue weighted by Gasteiger charge is -2.34. The van der Waals surface area contributed by atoms with Crippen LogP contribution in [0, 0.1) is 10.1 Å². The molecule has 24 heavy (non-hydrogen) atoms. The van der Waals surface area contributed by atoms with E-state index >= 15 is 0 Å². The molecular weight excluding hydrogens is 326 g/mol. The van der Waals surface area contributed by atoms with Gasteiger partial charge >= 0.3 is 11.9 Å². The third kappa shape index (κ3) is 9.35. The van der Waals surface area contributed by atoms with Crippen molar-refractivity contribution < 1.29 is 34.5 Å². The monoisotopic (exact) mass is 347 g/mol. The zero-order valence-corrected chi connectivity index (χ0v) is 13.4. The third-order valence-corrected chi connectivity index (χ3v) is 2.88. The molecule has 0 unspecified atom stereocenters. The average molecular weight is 347 g/mol. The Bertz CT molecular complexity index is 488. The average Bonchev–Trinajstić information content (AvgIpc) is 2.44. The molecule has 1 aliphatic heterocycles. The van der Waals surface area contributed by atoms with Gasteiger partial charge in [-0.05, 0) is 26.7 Å². The fraction of sp³-hybridized carbons (Fsp3) is 0.615. The summed E-state index contributed by atoms with van der Waals surface area (Å²) in [6.07, 6.45) is 1.66. The Morgan fingerprint density at radius 3 is 1.92 bits per heavy atom. The maximum Gasteiger partial charge on any atom is 0.328 e. The van der Waals surface area contributed by atoms with Crippen LogP contribution >= 0.6 is 0 Å². The summed E-state index contributed by atoms with van der Waals surface area (Å²) < 4.78 is 0. The first-order valence-corrected chi connectivity index (χ1v) is 6.96. The van der Waals surface area contributed by atoms with E-state index in [-0.39, 0.29) is 5.91 Å². The van der Waals surface area contributed by atoms with Gasteiger partial charge in [-0.3, -0.25) is 4.79 Å². The molecule has 0 aliphatic carbocycles. The molecule has 0 atom stereocenters. The second-order valence-corrected chi connectivity index (χ2v) is 5.55. The van der Waals surface area contributed by atoms with E-state index in [1.807, 2.05) is 0 Å². The Hall–Kier alpha value is -2.69. The number of hydrogen-bond donors (Lipinski definition) is 3. The number of aliphatic carboxylic acids is 2. The molecule has 0 aromatic rings. The van der Waals surface area contributed by atoms with Crippen molar-refractivity contribution in [1.29, 1.82) is 0 Å². The van der Waals surface area contributed by atoms with E-state index < -0.39 is 28.7 Å². The van der Waals surface area contributed by atoms with E-state index in [9.17, 15) is 24.5 Å². The second kappa shape index (κ2) is 9.45. The number of amides is 1. The summed E-state index contributed by atoms with van der Waals surface area (Å²) in [6, 6.07) is 0. The van der Waals surface area contributed by atoms with Crippen molar-refractivity contribution in [2.45, 2.75) is 38.3 Å². The molecule has 1 rings (SSSR count). The molecule has 11 heteroatoms. The highest BCUT2D eigenvalue weighted by atomic mass is 17.0. The molecule has 0 spiro atoms. The first kappa shape index (κ1) is 21.3. The Balaban J connectivity index is 0.000000561. The molecule has 0 aromatic carbocycles. The Labute approximate surface area is 137 Å². The highest BCUT2D eigenvalue weighted by Gasteiger charge is 2.31. The van der Waals surface area contributed by atoms with E-state index in [1.165, 1.54) is 0 Å². The molecule has 1 saturated heterocycles. The standard InChI is InChI=1S/C9H17N3O4.C4H4O4/c1-9(2,10)8(13)11-5-3-7(4-6-11)16-12(14)15;5-3(6)1-2-4(7)8/h7H,3-6,10H2,1-2H3;1-2H,(H,5,6)(H,7,8)/b;2-1+. The summed E-state index contributed by atoms with van der Waals surface area (Å²) in [4.78, 5) is 47.1. The van der Waals surface area contributed by atoms with Gasteiger partial charge in [0.25, 0.3) is 5.09 Å². The van der Waals surface area contributed by atoms with Gasteiger partial charge in [-0.2, -0.15) is 0 Å². The molecular formula is C13H21N3O8. The molecule has 0 radical (unpaired) electrons. The lowest BCUT2D eigenvalue weighted by Crippen LogP contribution is -2.53. The molecule has 0 bridgehead atoms. The molecule has 136 valence electrons. The first-order valence-electron chi connectivity index (χ1n) is 6.96. The summed E-state index contributed by atoms with van der Waals surface area (Å²) in [5.41, 5.74) is 4.80. The van der Waals surface area contributed by atoms with Gasteiger partial charge in [-0.15, -0.1) is 10.1 Å². The Morgan fingerprint density at radius 1 is 1.21 bits per heavy atom. The van der Waals surface area contributed by atoms with Gasteiger partial charge in [0.1, 0.15) is 6.10 Å². The van der Waals surface area contributed by atoms with Gasteiger partial charge in [-0.25, -0.2) is 9.59 Å². The minimum absolute atomic E-state index is 0.132. The van der Waals surface area contributed by atoms with E-state index in [2.05, 4.69) is 4.84 Å². The molecule has 1 fully saturated rings. The molecule has 0 saturated carbocycles. The first-order chi connectivity index (χ1) is 10.9. The number of carbonyl (C=O) groups excluding carboxylic acids is 1. The number of nitrogens with two attached hydrogens (primary N) is 1. The summed E-state index contributed by atoms with van der Waals surface area (Å²) in [6.45, 7) is 4.21. The molecule has 1 aliphatic rings. The quantitative estimate of drug-likeness (QED) is 0.340. The van der Waals surface area contributed by atoms with Gasteiger partial charge in [0.05, 0.1) is 5.54 Å². The normalized spacial score (nSPS) is 15.4. The second-order valence-electron chi connectivity index (χ2n) is 5.55. The van der Waals surface area contributed by atoms with E-state index in [4.69, 9.17) is 15.9 Å². The maximum absolute atomic E-state index is 11.8. The predicted molar refractivity (Wildman–Crippen MR) is 80.4 cm³/mol. The van der Waals surface area contributed by atoms with Crippen LogP contribution < -0.4 is 5.73 Å². The number of carboxylic acids is 2. The van der Waals surface area contributed by atoms with E-state index in [0.717, 1.165) is 0 Å².